The summed E-state index contributed by atoms with van der Waals surface area (Å²) >= 11 is 0. The molecule has 178 valence electrons. The number of ketones is 2. The van der Waals surface area contributed by atoms with Crippen LogP contribution in [0.25, 0.3) is 0 Å². The highest BCUT2D eigenvalue weighted by Crippen LogP contribution is 2.67. The quantitative estimate of drug-likeness (QED) is 0.319. The summed E-state index contributed by atoms with van der Waals surface area (Å²) in [7, 11) is 0. The highest BCUT2D eigenvalue weighted by atomic mass is 16.4. The van der Waals surface area contributed by atoms with E-state index in [1.807, 2.05) is 13.0 Å². The number of carbonyl (C=O) groups is 3. The summed E-state index contributed by atoms with van der Waals surface area (Å²) in [6.45, 7) is 3.34. The zero-order valence-corrected chi connectivity index (χ0v) is 18.5. The molecule has 9 nitrogen and oxygen atoms in total. The second-order valence-electron chi connectivity index (χ2n) is 10.1. The van der Waals surface area contributed by atoms with Gasteiger partial charge in [-0.2, -0.15) is 0 Å². The number of aliphatic carboxylic acids is 1. The first-order valence-corrected chi connectivity index (χ1v) is 11.0. The molecule has 0 aromatic rings. The number of allylic oxidation sites excluding steroid dienone is 4. The fraction of sp³-hybridized carbons (Fsp3) is 0.696. The van der Waals surface area contributed by atoms with Crippen molar-refractivity contribution in [1.82, 2.24) is 0 Å². The number of nitrogens with two attached hydrogens (primary N) is 2. The molecule has 4 aliphatic rings. The van der Waals surface area contributed by atoms with Crippen LogP contribution < -0.4 is 11.5 Å². The maximum atomic E-state index is 12.4. The van der Waals surface area contributed by atoms with Gasteiger partial charge in [-0.15, -0.1) is 0 Å². The number of carboxylic acid groups (broad SMARTS) is 1. The molecular weight excluding hydrogens is 416 g/mol. The molecule has 0 saturated heterocycles. The van der Waals surface area contributed by atoms with Gasteiger partial charge in [0.1, 0.15) is 12.2 Å². The molecule has 0 heterocycles. The molecule has 8 N–H and O–H groups in total. The molecule has 0 bridgehead atoms. The van der Waals surface area contributed by atoms with Crippen molar-refractivity contribution in [2.75, 3.05) is 6.61 Å². The Morgan fingerprint density at radius 2 is 1.88 bits per heavy atom. The summed E-state index contributed by atoms with van der Waals surface area (Å²) in [5.41, 5.74) is 7.69. The minimum absolute atomic E-state index is 0.00912. The Balaban J connectivity index is 0.000000427. The molecule has 0 unspecified atom stereocenters. The van der Waals surface area contributed by atoms with Gasteiger partial charge in [0, 0.05) is 16.7 Å². The topological polar surface area (TPSA) is 184 Å². The van der Waals surface area contributed by atoms with Crippen LogP contribution in [0.5, 0.6) is 0 Å². The third-order valence-electron chi connectivity index (χ3n) is 8.54. The van der Waals surface area contributed by atoms with Crippen molar-refractivity contribution >= 4 is 17.5 Å². The molecule has 9 heteroatoms. The summed E-state index contributed by atoms with van der Waals surface area (Å²) < 4.78 is 0. The smallest absolute Gasteiger partial charge is 0.335 e. The van der Waals surface area contributed by atoms with Gasteiger partial charge < -0.3 is 31.9 Å². The molecular formula is C23H34N2O7. The lowest BCUT2D eigenvalue weighted by molar-refractivity contribution is -0.178. The van der Waals surface area contributed by atoms with E-state index < -0.39 is 41.6 Å². The van der Waals surface area contributed by atoms with E-state index in [0.29, 0.717) is 12.8 Å². The van der Waals surface area contributed by atoms with E-state index in [0.717, 1.165) is 24.8 Å². The number of carboxylic acids is 1. The van der Waals surface area contributed by atoms with Crippen molar-refractivity contribution in [3.05, 3.63) is 23.8 Å². The van der Waals surface area contributed by atoms with Crippen LogP contribution in [0.1, 0.15) is 46.0 Å². The zero-order chi connectivity index (χ0) is 24.1. The first-order chi connectivity index (χ1) is 14.8. The minimum atomic E-state index is -1.56. The molecule has 3 saturated carbocycles. The summed E-state index contributed by atoms with van der Waals surface area (Å²) in [5, 5.41) is 39.4. The summed E-state index contributed by atoms with van der Waals surface area (Å²) in [6.07, 6.45) is 6.45. The van der Waals surface area contributed by atoms with Crippen LogP contribution in [0.2, 0.25) is 0 Å². The molecule has 0 aromatic carbocycles. The molecule has 4 rings (SSSR count). The lowest BCUT2D eigenvalue weighted by Gasteiger charge is -2.59. The van der Waals surface area contributed by atoms with Crippen LogP contribution in [0, 0.1) is 28.6 Å². The van der Waals surface area contributed by atoms with Gasteiger partial charge in [0.2, 0.25) is 0 Å². The van der Waals surface area contributed by atoms with Crippen LogP contribution in [-0.4, -0.2) is 62.4 Å². The second kappa shape index (κ2) is 8.46. The summed E-state index contributed by atoms with van der Waals surface area (Å²) in [4.78, 5) is 33.6. The number of hydrogen-bond acceptors (Lipinski definition) is 8. The molecule has 4 aliphatic carbocycles. The third kappa shape index (κ3) is 3.66. The Labute approximate surface area is 187 Å². The van der Waals surface area contributed by atoms with Crippen molar-refractivity contribution in [2.45, 2.75) is 63.8 Å². The van der Waals surface area contributed by atoms with Gasteiger partial charge in [0.05, 0.1) is 6.10 Å². The monoisotopic (exact) mass is 450 g/mol. The zero-order valence-electron chi connectivity index (χ0n) is 18.5. The van der Waals surface area contributed by atoms with E-state index in [1.165, 1.54) is 0 Å². The lowest BCUT2D eigenvalue weighted by Crippen LogP contribution is -2.61. The predicted octanol–water partition coefficient (Wildman–Crippen LogP) is -0.128. The van der Waals surface area contributed by atoms with E-state index in [4.69, 9.17) is 5.11 Å². The minimum Gasteiger partial charge on any atom is -0.479 e. The number of carbonyl (C=O) groups excluding carboxylic acids is 2. The van der Waals surface area contributed by atoms with Crippen molar-refractivity contribution in [2.24, 2.45) is 40.1 Å². The Hall–Kier alpha value is -1.91. The fourth-order valence-electron chi connectivity index (χ4n) is 6.92. The van der Waals surface area contributed by atoms with Gasteiger partial charge in [0.25, 0.3) is 0 Å². The maximum Gasteiger partial charge on any atom is 0.335 e. The summed E-state index contributed by atoms with van der Waals surface area (Å²) in [5.74, 6) is -1.41. The van der Waals surface area contributed by atoms with Gasteiger partial charge in [-0.3, -0.25) is 9.59 Å². The van der Waals surface area contributed by atoms with E-state index in [1.54, 1.807) is 12.2 Å². The van der Waals surface area contributed by atoms with E-state index >= 15 is 0 Å². The van der Waals surface area contributed by atoms with Crippen LogP contribution in [-0.2, 0) is 14.4 Å². The Kier molecular flexibility index (Phi) is 6.54. The highest BCUT2D eigenvalue weighted by molar-refractivity contribution is 6.01. The van der Waals surface area contributed by atoms with Crippen molar-refractivity contribution < 1.29 is 34.8 Å². The molecule has 0 amide bonds. The third-order valence-corrected chi connectivity index (χ3v) is 8.54. The molecule has 0 spiro atoms. The standard InChI is InChI=1S/C21H28O5.C2H6N2O2/c1-19-7-5-13(23)9-12(19)3-4-14-15-6-8-21(26,17(25)11-22)20(15,2)10-16(24)18(14)19;3-1(4)2(5)6/h5,7,9,14-16,18,22,24,26H,3-4,6,8,10-11H2,1-2H3;1H,3-4H2,(H,5,6)/t14-,15-,16-,18+,19-,20-,21-;/m0./s1. The van der Waals surface area contributed by atoms with Gasteiger partial charge in [-0.05, 0) is 56.1 Å². The number of fused-ring (bicyclic) bond motifs is 5. The van der Waals surface area contributed by atoms with Gasteiger partial charge in [0.15, 0.2) is 17.7 Å². The Morgan fingerprint density at radius 3 is 2.44 bits per heavy atom. The van der Waals surface area contributed by atoms with Gasteiger partial charge >= 0.3 is 5.97 Å². The van der Waals surface area contributed by atoms with Crippen LogP contribution in [0.4, 0.5) is 0 Å². The summed E-state index contributed by atoms with van der Waals surface area (Å²) in [6, 6.07) is 0. The fourth-order valence-corrected chi connectivity index (χ4v) is 6.92. The van der Waals surface area contributed by atoms with Crippen molar-refractivity contribution in [3.8, 4) is 0 Å². The number of rotatable bonds is 3. The highest BCUT2D eigenvalue weighted by Gasteiger charge is 2.67. The number of aliphatic hydroxyl groups excluding tert-OH is 2. The molecule has 7 atom stereocenters. The SMILES string of the molecule is C[C@]12C=CC(=O)C=C1CC[C@@H]1[C@@H]2[C@@H](O)C[C@@]2(C)[C@H]1CC[C@]2(O)C(=O)CO.NC(N)C(=O)O. The van der Waals surface area contributed by atoms with Gasteiger partial charge in [-0.1, -0.05) is 25.5 Å². The van der Waals surface area contributed by atoms with E-state index in [2.05, 4.69) is 18.4 Å². The second-order valence-corrected chi connectivity index (χ2v) is 10.1. The molecule has 0 aromatic heterocycles. The van der Waals surface area contributed by atoms with Crippen molar-refractivity contribution in [3.63, 3.8) is 0 Å². The molecule has 0 radical (unpaired) electrons. The Morgan fingerprint density at radius 1 is 1.25 bits per heavy atom. The van der Waals surface area contributed by atoms with Crippen LogP contribution >= 0.6 is 0 Å². The van der Waals surface area contributed by atoms with Crippen molar-refractivity contribution in [1.29, 1.82) is 0 Å². The lowest BCUT2D eigenvalue weighted by atomic mass is 9.46. The largest absolute Gasteiger partial charge is 0.479 e. The van der Waals surface area contributed by atoms with Gasteiger partial charge in [-0.25, -0.2) is 4.79 Å². The van der Waals surface area contributed by atoms with E-state index in [9.17, 15) is 29.7 Å². The average Bonchev–Trinajstić information content (AvgIpc) is 2.99. The van der Waals surface area contributed by atoms with Crippen LogP contribution in [0.3, 0.4) is 0 Å². The van der Waals surface area contributed by atoms with E-state index in [-0.39, 0.29) is 29.0 Å². The molecule has 0 aliphatic heterocycles. The first-order valence-electron chi connectivity index (χ1n) is 11.0. The normalized spacial score (nSPS) is 42.2. The number of hydrogen-bond donors (Lipinski definition) is 6. The molecule has 3 fully saturated rings. The Bertz CT molecular complexity index is 868. The first kappa shape index (κ1) is 24.7. The number of aliphatic hydroxyl groups is 3. The van der Waals surface area contributed by atoms with Crippen LogP contribution in [0.15, 0.2) is 23.8 Å². The predicted molar refractivity (Wildman–Crippen MR) is 115 cm³/mol. The maximum absolute atomic E-state index is 12.4. The number of Topliss-reactive ketones (excluding diaryl/α,β-unsaturated/α-hetero) is 1. The molecule has 32 heavy (non-hydrogen) atoms. The average molecular weight is 451 g/mol.